The molecule has 0 saturated carbocycles. The molecule has 2 aromatic rings. The summed E-state index contributed by atoms with van der Waals surface area (Å²) in [6.45, 7) is 7.77. The Morgan fingerprint density at radius 1 is 0.943 bits per heavy atom. The molecule has 0 bridgehead atoms. The average molecular weight is 471 g/mol. The van der Waals surface area contributed by atoms with Gasteiger partial charge >= 0.3 is 0 Å². The molecular weight excluding hydrogens is 436 g/mol. The second-order valence-electron chi connectivity index (χ2n) is 10.3. The molecule has 35 heavy (non-hydrogen) atoms. The van der Waals surface area contributed by atoms with Crippen molar-refractivity contribution in [3.05, 3.63) is 59.2 Å². The maximum Gasteiger partial charge on any atom is 0.253 e. The number of aliphatic imine (C=N–C) groups is 1. The Morgan fingerprint density at radius 3 is 2.34 bits per heavy atom. The molecule has 3 aliphatic heterocycles. The SMILES string of the molecule is CC(C)C1CCN(C(=O)c2ccc(-c3ccc4c(c3)N=C(N)CC(C(=O)N3CCCC3)=C4)cc2)C1. The average Bonchev–Trinajstić information content (AvgIpc) is 3.54. The van der Waals surface area contributed by atoms with E-state index in [0.717, 1.165) is 73.4 Å². The van der Waals surface area contributed by atoms with Gasteiger partial charge in [-0.25, -0.2) is 4.99 Å². The van der Waals surface area contributed by atoms with Crippen molar-refractivity contribution < 1.29 is 9.59 Å². The van der Waals surface area contributed by atoms with Crippen LogP contribution in [0.4, 0.5) is 5.69 Å². The molecule has 3 aliphatic rings. The molecule has 2 saturated heterocycles. The van der Waals surface area contributed by atoms with Crippen LogP contribution in [-0.2, 0) is 4.79 Å². The van der Waals surface area contributed by atoms with Gasteiger partial charge in [0.15, 0.2) is 0 Å². The van der Waals surface area contributed by atoms with E-state index in [1.54, 1.807) is 0 Å². The van der Waals surface area contributed by atoms with Crippen molar-refractivity contribution in [2.75, 3.05) is 26.2 Å². The second-order valence-corrected chi connectivity index (χ2v) is 10.3. The molecule has 0 aromatic heterocycles. The van der Waals surface area contributed by atoms with Crippen molar-refractivity contribution in [1.82, 2.24) is 9.80 Å². The number of carbonyl (C=O) groups excluding carboxylic acids is 2. The van der Waals surface area contributed by atoms with Crippen molar-refractivity contribution in [2.45, 2.75) is 39.5 Å². The van der Waals surface area contributed by atoms with E-state index in [1.807, 2.05) is 58.3 Å². The van der Waals surface area contributed by atoms with E-state index >= 15 is 0 Å². The number of amides is 2. The third-order valence-electron chi connectivity index (χ3n) is 7.58. The number of nitrogens with zero attached hydrogens (tertiary/aromatic N) is 3. The smallest absolute Gasteiger partial charge is 0.253 e. The topological polar surface area (TPSA) is 79.0 Å². The minimum atomic E-state index is 0.0653. The molecule has 2 amide bonds. The molecule has 6 heteroatoms. The summed E-state index contributed by atoms with van der Waals surface area (Å²) in [6, 6.07) is 13.9. The van der Waals surface area contributed by atoms with Crippen molar-refractivity contribution in [3.8, 4) is 11.1 Å². The summed E-state index contributed by atoms with van der Waals surface area (Å²) in [5.41, 5.74) is 11.3. The lowest BCUT2D eigenvalue weighted by molar-refractivity contribution is -0.126. The van der Waals surface area contributed by atoms with Crippen LogP contribution in [-0.4, -0.2) is 53.6 Å². The number of benzene rings is 2. The number of likely N-dealkylation sites (tertiary alicyclic amines) is 2. The van der Waals surface area contributed by atoms with Gasteiger partial charge in [-0.15, -0.1) is 0 Å². The van der Waals surface area contributed by atoms with Gasteiger partial charge in [0.2, 0.25) is 5.91 Å². The number of hydrogen-bond donors (Lipinski definition) is 1. The summed E-state index contributed by atoms with van der Waals surface area (Å²) >= 11 is 0. The zero-order chi connectivity index (χ0) is 24.5. The lowest BCUT2D eigenvalue weighted by Crippen LogP contribution is -2.30. The van der Waals surface area contributed by atoms with Crippen LogP contribution < -0.4 is 5.73 Å². The summed E-state index contributed by atoms with van der Waals surface area (Å²) in [5, 5.41) is 0. The maximum atomic E-state index is 13.0. The van der Waals surface area contributed by atoms with Gasteiger partial charge in [0.1, 0.15) is 5.84 Å². The first-order valence-electron chi connectivity index (χ1n) is 12.8. The molecular formula is C29H34N4O2. The molecule has 2 aromatic carbocycles. The van der Waals surface area contributed by atoms with Crippen molar-refractivity contribution >= 4 is 29.4 Å². The molecule has 2 N–H and O–H groups in total. The Bertz CT molecular complexity index is 1190. The number of amidine groups is 1. The van der Waals surface area contributed by atoms with Gasteiger partial charge in [0, 0.05) is 49.3 Å². The molecule has 6 nitrogen and oxygen atoms in total. The third-order valence-corrected chi connectivity index (χ3v) is 7.58. The highest BCUT2D eigenvalue weighted by Crippen LogP contribution is 2.33. The number of nitrogens with two attached hydrogens (primary N) is 1. The summed E-state index contributed by atoms with van der Waals surface area (Å²) in [6.07, 6.45) is 5.50. The van der Waals surface area contributed by atoms with Gasteiger partial charge in [0.05, 0.1) is 5.69 Å². The van der Waals surface area contributed by atoms with E-state index in [1.165, 1.54) is 0 Å². The van der Waals surface area contributed by atoms with Gasteiger partial charge in [-0.3, -0.25) is 9.59 Å². The first-order chi connectivity index (χ1) is 16.9. The highest BCUT2D eigenvalue weighted by Gasteiger charge is 2.28. The Hall–Kier alpha value is -3.41. The molecule has 1 unspecified atom stereocenters. The van der Waals surface area contributed by atoms with E-state index in [0.29, 0.717) is 29.7 Å². The van der Waals surface area contributed by atoms with Crippen LogP contribution in [0, 0.1) is 11.8 Å². The van der Waals surface area contributed by atoms with E-state index < -0.39 is 0 Å². The highest BCUT2D eigenvalue weighted by molar-refractivity contribution is 6.05. The fourth-order valence-electron chi connectivity index (χ4n) is 5.33. The standard InChI is InChI=1S/C29H34N4O2/c1-19(2)24-11-14-33(18-24)28(34)21-7-5-20(6-8-21)22-9-10-23-15-25(17-27(30)31-26(23)16-22)29(35)32-12-3-4-13-32/h5-10,15-16,19,24H,3-4,11-14,17-18H2,1-2H3,(H2,30,31). The monoisotopic (exact) mass is 470 g/mol. The quantitative estimate of drug-likeness (QED) is 0.692. The number of fused-ring (bicyclic) bond motifs is 1. The minimum Gasteiger partial charge on any atom is -0.387 e. The highest BCUT2D eigenvalue weighted by atomic mass is 16.2. The fourth-order valence-corrected chi connectivity index (χ4v) is 5.33. The van der Waals surface area contributed by atoms with Gasteiger partial charge in [-0.1, -0.05) is 38.1 Å². The van der Waals surface area contributed by atoms with E-state index in [4.69, 9.17) is 5.73 Å². The van der Waals surface area contributed by atoms with Crippen LogP contribution >= 0.6 is 0 Å². The van der Waals surface area contributed by atoms with Crippen molar-refractivity contribution in [3.63, 3.8) is 0 Å². The first kappa shape index (κ1) is 23.3. The van der Waals surface area contributed by atoms with Crippen LogP contribution in [0.5, 0.6) is 0 Å². The molecule has 182 valence electrons. The Balaban J connectivity index is 1.35. The molecule has 3 heterocycles. The first-order valence-corrected chi connectivity index (χ1v) is 12.8. The van der Waals surface area contributed by atoms with Gasteiger partial charge in [0.25, 0.3) is 5.91 Å². The molecule has 0 radical (unpaired) electrons. The molecule has 5 rings (SSSR count). The molecule has 1 atom stereocenters. The second kappa shape index (κ2) is 9.68. The van der Waals surface area contributed by atoms with Crippen molar-refractivity contribution in [1.29, 1.82) is 0 Å². The molecule has 2 fully saturated rings. The molecule has 0 spiro atoms. The third kappa shape index (κ3) is 4.88. The van der Waals surface area contributed by atoms with Gasteiger partial charge in [-0.2, -0.15) is 0 Å². The maximum absolute atomic E-state index is 13.0. The number of rotatable bonds is 4. The number of hydrogen-bond acceptors (Lipinski definition) is 4. The van der Waals surface area contributed by atoms with Crippen LogP contribution in [0.25, 0.3) is 17.2 Å². The van der Waals surface area contributed by atoms with Gasteiger partial charge < -0.3 is 15.5 Å². The van der Waals surface area contributed by atoms with E-state index in [-0.39, 0.29) is 11.8 Å². The summed E-state index contributed by atoms with van der Waals surface area (Å²) in [4.78, 5) is 34.4. The van der Waals surface area contributed by atoms with E-state index in [9.17, 15) is 9.59 Å². The van der Waals surface area contributed by atoms with Crippen molar-refractivity contribution in [2.24, 2.45) is 22.6 Å². The Morgan fingerprint density at radius 2 is 1.66 bits per heavy atom. The summed E-state index contributed by atoms with van der Waals surface area (Å²) in [7, 11) is 0. The van der Waals surface area contributed by atoms with Crippen LogP contribution in [0.1, 0.15) is 55.5 Å². The lowest BCUT2D eigenvalue weighted by Gasteiger charge is -2.18. The van der Waals surface area contributed by atoms with Crippen LogP contribution in [0.2, 0.25) is 0 Å². The zero-order valence-electron chi connectivity index (χ0n) is 20.7. The Kier molecular flexibility index (Phi) is 6.46. The zero-order valence-corrected chi connectivity index (χ0v) is 20.7. The van der Waals surface area contributed by atoms with Crippen LogP contribution in [0.15, 0.2) is 53.0 Å². The fraction of sp³-hybridized carbons (Fsp3) is 0.414. The van der Waals surface area contributed by atoms with Gasteiger partial charge in [-0.05, 0) is 66.5 Å². The minimum absolute atomic E-state index is 0.0653. The normalized spacial score (nSPS) is 19.9. The summed E-state index contributed by atoms with van der Waals surface area (Å²) < 4.78 is 0. The predicted molar refractivity (Wildman–Crippen MR) is 140 cm³/mol. The number of carbonyl (C=O) groups is 2. The largest absolute Gasteiger partial charge is 0.387 e. The van der Waals surface area contributed by atoms with E-state index in [2.05, 4.69) is 18.8 Å². The predicted octanol–water partition coefficient (Wildman–Crippen LogP) is 4.87. The summed E-state index contributed by atoms with van der Waals surface area (Å²) in [5.74, 6) is 1.82. The van der Waals surface area contributed by atoms with Crippen LogP contribution in [0.3, 0.4) is 0 Å². The molecule has 0 aliphatic carbocycles. The Labute approximate surface area is 207 Å². The lowest BCUT2D eigenvalue weighted by atomic mass is 9.95.